The molecule has 0 saturated heterocycles. The van der Waals surface area contributed by atoms with E-state index in [1.807, 2.05) is 0 Å². The Labute approximate surface area is 85.9 Å². The van der Waals surface area contributed by atoms with E-state index in [0.29, 0.717) is 0 Å². The van der Waals surface area contributed by atoms with Gasteiger partial charge in [0.2, 0.25) is 0 Å². The summed E-state index contributed by atoms with van der Waals surface area (Å²) in [6.07, 6.45) is 0. The molecule has 0 bridgehead atoms. The van der Waals surface area contributed by atoms with E-state index < -0.39 is 0 Å². The monoisotopic (exact) mass is 568 g/mol. The van der Waals surface area contributed by atoms with Gasteiger partial charge in [-0.25, -0.2) is 0 Å². The van der Waals surface area contributed by atoms with Gasteiger partial charge in [0.15, 0.2) is 0 Å². The Bertz CT molecular complexity index is 6.00. The molecule has 0 saturated carbocycles. The van der Waals surface area contributed by atoms with Crippen LogP contribution in [0.25, 0.3) is 0 Å². The third kappa shape index (κ3) is 8.85. The summed E-state index contributed by atoms with van der Waals surface area (Å²) in [5, 5.41) is 0. The van der Waals surface area contributed by atoms with Gasteiger partial charge in [-0.05, 0) is 0 Å². The Hall–Kier alpha value is 2.86. The van der Waals surface area contributed by atoms with E-state index in [2.05, 4.69) is 0 Å². The van der Waals surface area contributed by atoms with E-state index in [-0.39, 0.29) is 87.4 Å². The van der Waals surface area contributed by atoms with Crippen molar-refractivity contribution in [2.75, 3.05) is 0 Å². The van der Waals surface area contributed by atoms with Gasteiger partial charge in [0.1, 0.15) is 0 Å². The Morgan fingerprint density at radius 1 is 0.750 bits per heavy atom. The maximum Gasteiger partial charge on any atom is 0 e. The van der Waals surface area contributed by atoms with Gasteiger partial charge >= 0.3 is 0 Å². The van der Waals surface area contributed by atoms with Gasteiger partial charge in [0.05, 0.1) is 0 Å². The second kappa shape index (κ2) is 16.9. The van der Waals surface area contributed by atoms with E-state index in [1.165, 1.54) is 0 Å². The quantitative estimate of drug-likeness (QED) is 0.350. The molecule has 0 aromatic carbocycles. The number of rotatable bonds is 0. The van der Waals surface area contributed by atoms with Gasteiger partial charge in [0, 0.05) is 87.4 Å². The molecule has 0 aliphatic carbocycles. The van der Waals surface area contributed by atoms with Crippen molar-refractivity contribution in [2.45, 2.75) is 0 Å². The van der Waals surface area contributed by atoms with Crippen LogP contribution in [0.5, 0.6) is 0 Å². The number of hydrogen-bond donors (Lipinski definition) is 0. The molecule has 0 N–H and O–H groups in total. The van der Waals surface area contributed by atoms with Gasteiger partial charge < -0.3 is 0 Å². The first kappa shape index (κ1) is 28.8. The fourth-order valence-electron chi connectivity index (χ4n) is 0. The second-order valence-corrected chi connectivity index (χ2v) is 0. The molecule has 0 fully saturated rings. The maximum atomic E-state index is 0. The molecule has 0 aromatic rings. The summed E-state index contributed by atoms with van der Waals surface area (Å²) >= 11 is 0. The third-order valence-electron chi connectivity index (χ3n) is 0. The predicted molar refractivity (Wildman–Crippen MR) is 5.75 cm³/mol. The molecule has 0 heterocycles. The van der Waals surface area contributed by atoms with Crippen LogP contribution in [0.1, 0.15) is 0 Å². The van der Waals surface area contributed by atoms with Gasteiger partial charge in [-0.3, -0.25) is 0 Å². The molecule has 0 atom stereocenters. The zero-order valence-electron chi connectivity index (χ0n) is 1.51. The van der Waals surface area contributed by atoms with Crippen molar-refractivity contribution in [1.29, 1.82) is 0 Å². The molecule has 0 unspecified atom stereocenters. The molecule has 0 amide bonds. The van der Waals surface area contributed by atoms with Crippen molar-refractivity contribution in [3.63, 3.8) is 0 Å². The van der Waals surface area contributed by atoms with Crippen LogP contribution in [0, 0.1) is 0 Å². The van der Waals surface area contributed by atoms with E-state index in [9.17, 15) is 0 Å². The summed E-state index contributed by atoms with van der Waals surface area (Å²) in [5.41, 5.74) is 0. The minimum absolute atomic E-state index is 0. The average Bonchev–Trinajstić information content (AvgIpc) is 0. The Kier molecular flexibility index (Phi) is 122. The normalized spacial score (nSPS) is 0. The van der Waals surface area contributed by atoms with Crippen LogP contribution in [-0.4, -0.2) is 25.8 Å². The van der Waals surface area contributed by atoms with Crippen LogP contribution in [0.15, 0.2) is 0 Å². The molecule has 6 radical (unpaired) electrons. The molecule has 0 aliphatic heterocycles. The predicted octanol–water partition coefficient (Wildman–Crippen LogP) is -0.388. The molecule has 4 heavy (non-hydrogen) atoms. The van der Waals surface area contributed by atoms with Crippen LogP contribution in [0.4, 0.5) is 0 Å². The van der Waals surface area contributed by atoms with Crippen LogP contribution in [0.2, 0.25) is 0 Å². The Morgan fingerprint density at radius 2 is 0.750 bits per heavy atom. The zero-order valence-corrected chi connectivity index (χ0v) is 10.2. The van der Waals surface area contributed by atoms with Crippen LogP contribution in [0.3, 0.4) is 0 Å². The third-order valence-corrected chi connectivity index (χ3v) is 0. The molecule has 34 valence electrons. The van der Waals surface area contributed by atoms with Crippen molar-refractivity contribution in [2.24, 2.45) is 0 Å². The molecule has 0 aromatic heterocycles. The summed E-state index contributed by atoms with van der Waals surface area (Å²) < 4.78 is 0. The fourth-order valence-corrected chi connectivity index (χ4v) is 0. The van der Waals surface area contributed by atoms with E-state index in [1.54, 1.807) is 0 Å². The molecular formula is Au2CoIn. The van der Waals surface area contributed by atoms with Gasteiger partial charge in [-0.2, -0.15) is 0 Å². The molecule has 0 nitrogen and oxygen atoms in total. The fraction of sp³-hybridized carbons (Fsp3) is 0. The summed E-state index contributed by atoms with van der Waals surface area (Å²) in [4.78, 5) is 0. The van der Waals surface area contributed by atoms with Gasteiger partial charge in [-0.1, -0.05) is 0 Å². The summed E-state index contributed by atoms with van der Waals surface area (Å²) in [6.45, 7) is 0. The number of hydrogen-bond acceptors (Lipinski definition) is 0. The largest absolute Gasteiger partial charge is 0 e. The zero-order chi connectivity index (χ0) is 0. The molecular weight excluding hydrogens is 568 g/mol. The molecule has 0 aliphatic rings. The minimum atomic E-state index is 0. The molecule has 4 heteroatoms. The minimum Gasteiger partial charge on any atom is 0 e. The molecule has 0 spiro atoms. The van der Waals surface area contributed by atoms with Crippen LogP contribution < -0.4 is 0 Å². The summed E-state index contributed by atoms with van der Waals surface area (Å²) in [7, 11) is 0. The van der Waals surface area contributed by atoms with Crippen molar-refractivity contribution in [3.8, 4) is 0 Å². The second-order valence-electron chi connectivity index (χ2n) is 0. The van der Waals surface area contributed by atoms with Gasteiger partial charge in [-0.15, -0.1) is 0 Å². The Morgan fingerprint density at radius 3 is 0.750 bits per heavy atom. The standard InChI is InChI=1S/2Au.Co.In. The van der Waals surface area contributed by atoms with Crippen LogP contribution in [-0.2, 0) is 61.5 Å². The first-order valence-electron chi connectivity index (χ1n) is 0. The van der Waals surface area contributed by atoms with Crippen molar-refractivity contribution in [1.82, 2.24) is 0 Å². The first-order chi connectivity index (χ1) is 0. The van der Waals surface area contributed by atoms with E-state index >= 15 is 0 Å². The smallest absolute Gasteiger partial charge is 0 e. The van der Waals surface area contributed by atoms with Crippen molar-refractivity contribution < 1.29 is 61.5 Å². The van der Waals surface area contributed by atoms with Crippen molar-refractivity contribution >= 4 is 25.8 Å². The summed E-state index contributed by atoms with van der Waals surface area (Å²) in [5.74, 6) is 0. The maximum absolute atomic E-state index is 0. The first-order valence-corrected chi connectivity index (χ1v) is 0. The molecule has 0 rings (SSSR count). The van der Waals surface area contributed by atoms with Gasteiger partial charge in [0.25, 0.3) is 0 Å². The van der Waals surface area contributed by atoms with Crippen molar-refractivity contribution in [3.05, 3.63) is 0 Å². The SMILES string of the molecule is [Au].[Au].[Co].[In]. The van der Waals surface area contributed by atoms with E-state index in [4.69, 9.17) is 0 Å². The van der Waals surface area contributed by atoms with Crippen LogP contribution >= 0.6 is 0 Å². The average molecular weight is 568 g/mol. The Balaban J connectivity index is 0. The topological polar surface area (TPSA) is 0 Å². The summed E-state index contributed by atoms with van der Waals surface area (Å²) in [6, 6.07) is 0. The van der Waals surface area contributed by atoms with E-state index in [0.717, 1.165) is 0 Å².